The van der Waals surface area contributed by atoms with Crippen LogP contribution in [0, 0.1) is 13.8 Å². The summed E-state index contributed by atoms with van der Waals surface area (Å²) in [6, 6.07) is 14.6. The van der Waals surface area contributed by atoms with Crippen LogP contribution in [0.1, 0.15) is 17.5 Å². The van der Waals surface area contributed by atoms with Gasteiger partial charge in [0.2, 0.25) is 15.9 Å². The summed E-state index contributed by atoms with van der Waals surface area (Å²) in [7, 11) is -3.45. The van der Waals surface area contributed by atoms with Gasteiger partial charge in [0.05, 0.1) is 11.9 Å². The van der Waals surface area contributed by atoms with E-state index in [0.29, 0.717) is 5.69 Å². The monoisotopic (exact) mass is 346 g/mol. The maximum atomic E-state index is 12.2. The summed E-state index contributed by atoms with van der Waals surface area (Å²) in [5.74, 6) is -0.218. The average Bonchev–Trinajstić information content (AvgIpc) is 2.46. The number of hydrogen-bond acceptors (Lipinski definition) is 3. The summed E-state index contributed by atoms with van der Waals surface area (Å²) in [5, 5.41) is 2.82. The highest BCUT2D eigenvalue weighted by Gasteiger charge is 2.18. The van der Waals surface area contributed by atoms with E-state index >= 15 is 0 Å². The van der Waals surface area contributed by atoms with E-state index in [9.17, 15) is 13.2 Å². The van der Waals surface area contributed by atoms with E-state index in [1.807, 2.05) is 38.1 Å². The lowest BCUT2D eigenvalue weighted by molar-refractivity contribution is -0.116. The van der Waals surface area contributed by atoms with E-state index in [0.717, 1.165) is 23.1 Å². The molecule has 0 aliphatic heterocycles. The Morgan fingerprint density at radius 3 is 2.17 bits per heavy atom. The highest BCUT2D eigenvalue weighted by Crippen LogP contribution is 2.18. The average molecular weight is 346 g/mol. The van der Waals surface area contributed by atoms with E-state index in [-0.39, 0.29) is 18.9 Å². The first-order valence-corrected chi connectivity index (χ1v) is 9.51. The summed E-state index contributed by atoms with van der Waals surface area (Å²) in [4.78, 5) is 12.2. The largest absolute Gasteiger partial charge is 0.326 e. The van der Waals surface area contributed by atoms with Crippen LogP contribution < -0.4 is 9.62 Å². The molecule has 2 rings (SSSR count). The highest BCUT2D eigenvalue weighted by atomic mass is 32.2. The molecule has 24 heavy (non-hydrogen) atoms. The van der Waals surface area contributed by atoms with Crippen LogP contribution in [-0.4, -0.2) is 27.1 Å². The molecule has 0 saturated heterocycles. The SMILES string of the molecule is Cc1cc(C)cc(NC(=O)CCN(c2ccccc2)S(C)(=O)=O)c1. The van der Waals surface area contributed by atoms with Crippen LogP contribution in [0.5, 0.6) is 0 Å². The highest BCUT2D eigenvalue weighted by molar-refractivity contribution is 7.92. The molecule has 0 unspecified atom stereocenters. The van der Waals surface area contributed by atoms with Gasteiger partial charge in [-0.25, -0.2) is 8.42 Å². The second kappa shape index (κ2) is 7.49. The van der Waals surface area contributed by atoms with Gasteiger partial charge in [-0.15, -0.1) is 0 Å². The van der Waals surface area contributed by atoms with Crippen LogP contribution in [0.25, 0.3) is 0 Å². The lowest BCUT2D eigenvalue weighted by Gasteiger charge is -2.22. The third-order valence-electron chi connectivity index (χ3n) is 3.49. The van der Waals surface area contributed by atoms with E-state index in [1.165, 1.54) is 4.31 Å². The van der Waals surface area contributed by atoms with Crippen molar-refractivity contribution < 1.29 is 13.2 Å². The van der Waals surface area contributed by atoms with Crippen molar-refractivity contribution in [2.75, 3.05) is 22.4 Å². The van der Waals surface area contributed by atoms with Crippen molar-refractivity contribution in [1.82, 2.24) is 0 Å². The first kappa shape index (κ1) is 18.0. The Bertz CT molecular complexity index is 797. The fourth-order valence-corrected chi connectivity index (χ4v) is 3.48. The smallest absolute Gasteiger partial charge is 0.232 e. The van der Waals surface area contributed by atoms with Gasteiger partial charge in [0.25, 0.3) is 0 Å². The van der Waals surface area contributed by atoms with Gasteiger partial charge in [-0.2, -0.15) is 0 Å². The van der Waals surface area contributed by atoms with E-state index in [1.54, 1.807) is 24.3 Å². The number of rotatable bonds is 6. The lowest BCUT2D eigenvalue weighted by Crippen LogP contribution is -2.33. The Morgan fingerprint density at radius 2 is 1.62 bits per heavy atom. The van der Waals surface area contributed by atoms with Crippen molar-refractivity contribution >= 4 is 27.3 Å². The summed E-state index contributed by atoms with van der Waals surface area (Å²) >= 11 is 0. The number of carbonyl (C=O) groups is 1. The van der Waals surface area contributed by atoms with Crippen molar-refractivity contribution in [3.8, 4) is 0 Å². The Morgan fingerprint density at radius 1 is 1.04 bits per heavy atom. The molecule has 0 bridgehead atoms. The molecule has 0 atom stereocenters. The lowest BCUT2D eigenvalue weighted by atomic mass is 10.1. The maximum Gasteiger partial charge on any atom is 0.232 e. The predicted octanol–water partition coefficient (Wildman–Crippen LogP) is 3.10. The molecule has 2 aromatic rings. The standard InChI is InChI=1S/C18H22N2O3S/c1-14-11-15(2)13-16(12-14)19-18(21)9-10-20(24(3,22)23)17-7-5-4-6-8-17/h4-8,11-13H,9-10H2,1-3H3,(H,19,21). The van der Waals surface area contributed by atoms with E-state index in [4.69, 9.17) is 0 Å². The number of sulfonamides is 1. The van der Waals surface area contributed by atoms with Crippen LogP contribution in [0.3, 0.4) is 0 Å². The molecule has 1 N–H and O–H groups in total. The van der Waals surface area contributed by atoms with Crippen LogP contribution in [0.15, 0.2) is 48.5 Å². The van der Waals surface area contributed by atoms with Gasteiger partial charge in [-0.3, -0.25) is 9.10 Å². The van der Waals surface area contributed by atoms with Crippen LogP contribution in [0.4, 0.5) is 11.4 Å². The van der Waals surface area contributed by atoms with Crippen LogP contribution in [-0.2, 0) is 14.8 Å². The molecule has 0 aliphatic carbocycles. The molecule has 0 aromatic heterocycles. The van der Waals surface area contributed by atoms with Gasteiger partial charge in [-0.1, -0.05) is 24.3 Å². The predicted molar refractivity (Wildman–Crippen MR) is 97.8 cm³/mol. The van der Waals surface area contributed by atoms with Gasteiger partial charge in [0.15, 0.2) is 0 Å². The number of nitrogens with zero attached hydrogens (tertiary/aromatic N) is 1. The Hall–Kier alpha value is -2.34. The molecule has 128 valence electrons. The zero-order valence-electron chi connectivity index (χ0n) is 14.1. The van der Waals surface area contributed by atoms with Crippen LogP contribution in [0.2, 0.25) is 0 Å². The molecule has 0 fully saturated rings. The summed E-state index contributed by atoms with van der Waals surface area (Å²) < 4.78 is 25.2. The third kappa shape index (κ3) is 5.09. The molecule has 0 heterocycles. The zero-order chi connectivity index (χ0) is 17.7. The minimum absolute atomic E-state index is 0.0783. The number of benzene rings is 2. The number of nitrogens with one attached hydrogen (secondary N) is 1. The summed E-state index contributed by atoms with van der Waals surface area (Å²) in [5.41, 5.74) is 3.40. The number of anilines is 2. The topological polar surface area (TPSA) is 66.5 Å². The molecule has 5 nitrogen and oxygen atoms in total. The quantitative estimate of drug-likeness (QED) is 0.874. The molecule has 1 amide bonds. The molecular weight excluding hydrogens is 324 g/mol. The second-order valence-electron chi connectivity index (χ2n) is 5.85. The fraction of sp³-hybridized carbons (Fsp3) is 0.278. The summed E-state index contributed by atoms with van der Waals surface area (Å²) in [6.07, 6.45) is 1.22. The first-order valence-electron chi connectivity index (χ1n) is 7.66. The van der Waals surface area contributed by atoms with Gasteiger partial charge in [0.1, 0.15) is 0 Å². The normalized spacial score (nSPS) is 11.1. The van der Waals surface area contributed by atoms with E-state index < -0.39 is 10.0 Å². The number of amides is 1. The number of carbonyl (C=O) groups excluding carboxylic acids is 1. The second-order valence-corrected chi connectivity index (χ2v) is 7.75. The van der Waals surface area contributed by atoms with Crippen LogP contribution >= 0.6 is 0 Å². The Balaban J connectivity index is 2.05. The fourth-order valence-electron chi connectivity index (χ4n) is 2.55. The molecular formula is C18H22N2O3S. The van der Waals surface area contributed by atoms with Gasteiger partial charge >= 0.3 is 0 Å². The van der Waals surface area contributed by atoms with Gasteiger partial charge in [0, 0.05) is 18.7 Å². The van der Waals surface area contributed by atoms with Crippen molar-refractivity contribution in [2.45, 2.75) is 20.3 Å². The maximum absolute atomic E-state index is 12.2. The summed E-state index contributed by atoms with van der Waals surface area (Å²) in [6.45, 7) is 4.02. The minimum atomic E-state index is -3.45. The van der Waals surface area contributed by atoms with Crippen molar-refractivity contribution in [2.24, 2.45) is 0 Å². The number of para-hydroxylation sites is 1. The molecule has 0 radical (unpaired) electrons. The van der Waals surface area contributed by atoms with Crippen molar-refractivity contribution in [3.63, 3.8) is 0 Å². The molecule has 0 saturated carbocycles. The third-order valence-corrected chi connectivity index (χ3v) is 4.69. The Kier molecular flexibility index (Phi) is 5.62. The van der Waals surface area contributed by atoms with Crippen molar-refractivity contribution in [3.05, 3.63) is 59.7 Å². The Labute approximate surface area is 143 Å². The molecule has 0 aliphatic rings. The molecule has 6 heteroatoms. The van der Waals surface area contributed by atoms with E-state index in [2.05, 4.69) is 5.32 Å². The number of hydrogen-bond donors (Lipinski definition) is 1. The first-order chi connectivity index (χ1) is 11.3. The van der Waals surface area contributed by atoms with Gasteiger partial charge in [-0.05, 0) is 49.2 Å². The molecule has 2 aromatic carbocycles. The molecule has 0 spiro atoms. The number of aryl methyl sites for hydroxylation is 2. The van der Waals surface area contributed by atoms with Gasteiger partial charge < -0.3 is 5.32 Å². The minimum Gasteiger partial charge on any atom is -0.326 e. The zero-order valence-corrected chi connectivity index (χ0v) is 14.9. The van der Waals surface area contributed by atoms with Crippen molar-refractivity contribution in [1.29, 1.82) is 0 Å².